The first kappa shape index (κ1) is 14.3. The van der Waals surface area contributed by atoms with E-state index in [0.717, 1.165) is 38.0 Å². The highest BCUT2D eigenvalue weighted by Crippen LogP contribution is 2.39. The number of methoxy groups -OCH3 is 1. The number of hydrogen-bond donors (Lipinski definition) is 1. The molecule has 1 aliphatic heterocycles. The molecule has 0 spiro atoms. The lowest BCUT2D eigenvalue weighted by molar-refractivity contribution is -0.0486. The first-order valence-electron chi connectivity index (χ1n) is 7.04. The molecule has 0 radical (unpaired) electrons. The van der Waals surface area contributed by atoms with Crippen LogP contribution >= 0.6 is 0 Å². The summed E-state index contributed by atoms with van der Waals surface area (Å²) in [6, 6.07) is 0.355. The van der Waals surface area contributed by atoms with Gasteiger partial charge in [0.2, 0.25) is 0 Å². The van der Waals surface area contributed by atoms with E-state index in [1.54, 1.807) is 13.3 Å². The number of aryl methyl sites for hydroxylation is 1. The summed E-state index contributed by atoms with van der Waals surface area (Å²) in [5, 5.41) is 15.4. The Morgan fingerprint density at radius 1 is 1.58 bits per heavy atom. The summed E-state index contributed by atoms with van der Waals surface area (Å²) in [5.74, 6) is 0.702. The minimum Gasteiger partial charge on any atom is -0.493 e. The second-order valence-electron chi connectivity index (χ2n) is 5.60. The summed E-state index contributed by atoms with van der Waals surface area (Å²) in [6.07, 6.45) is 4.14. The molecule has 1 N–H and O–H groups in total. The van der Waals surface area contributed by atoms with E-state index in [1.807, 2.05) is 4.68 Å². The topological polar surface area (TPSA) is 50.5 Å². The van der Waals surface area contributed by atoms with Gasteiger partial charge in [-0.1, -0.05) is 6.92 Å². The molecule has 0 aliphatic carbocycles. The van der Waals surface area contributed by atoms with Gasteiger partial charge in [-0.05, 0) is 33.2 Å². The van der Waals surface area contributed by atoms with Gasteiger partial charge < -0.3 is 14.7 Å². The Bertz CT molecular complexity index is 432. The van der Waals surface area contributed by atoms with Crippen molar-refractivity contribution >= 4 is 0 Å². The van der Waals surface area contributed by atoms with Gasteiger partial charge in [0.25, 0.3) is 0 Å². The van der Waals surface area contributed by atoms with Crippen LogP contribution in [0.1, 0.15) is 38.8 Å². The third-order valence-electron chi connectivity index (χ3n) is 4.17. The lowest BCUT2D eigenvalue weighted by atomic mass is 9.84. The van der Waals surface area contributed by atoms with Crippen molar-refractivity contribution in [3.63, 3.8) is 0 Å². The Morgan fingerprint density at radius 3 is 2.89 bits per heavy atom. The van der Waals surface area contributed by atoms with Crippen LogP contribution in [-0.2, 0) is 12.1 Å². The van der Waals surface area contributed by atoms with Crippen molar-refractivity contribution in [1.82, 2.24) is 14.7 Å². The maximum Gasteiger partial charge on any atom is 0.162 e. The number of piperidine rings is 1. The minimum atomic E-state index is -0.830. The Hall–Kier alpha value is -1.07. The fourth-order valence-corrected chi connectivity index (χ4v) is 2.91. The number of hydrogen-bond acceptors (Lipinski definition) is 4. The number of aromatic nitrogens is 2. The fourth-order valence-electron chi connectivity index (χ4n) is 2.91. The van der Waals surface area contributed by atoms with E-state index in [2.05, 4.69) is 30.9 Å². The lowest BCUT2D eigenvalue weighted by Crippen LogP contribution is -2.47. The number of ether oxygens (including phenoxy) is 1. The molecule has 1 aromatic heterocycles. The van der Waals surface area contributed by atoms with Crippen LogP contribution in [0.25, 0.3) is 0 Å². The van der Waals surface area contributed by atoms with Crippen LogP contribution in [0.5, 0.6) is 5.75 Å². The molecule has 0 amide bonds. The predicted molar refractivity (Wildman–Crippen MR) is 74.3 cm³/mol. The standard InChI is InChI=1S/C14H25N3O2/c1-5-7-17-13(12(19-4)10-15-17)14(18)6-8-16(3)11(2)9-14/h10-11,18H,5-9H2,1-4H3. The molecule has 2 heterocycles. The van der Waals surface area contributed by atoms with Gasteiger partial charge in [0.1, 0.15) is 11.3 Å². The third-order valence-corrected chi connectivity index (χ3v) is 4.17. The van der Waals surface area contributed by atoms with Crippen LogP contribution in [0.15, 0.2) is 6.20 Å². The van der Waals surface area contributed by atoms with Crippen LogP contribution in [0.3, 0.4) is 0 Å². The summed E-state index contributed by atoms with van der Waals surface area (Å²) in [4.78, 5) is 2.28. The van der Waals surface area contributed by atoms with Gasteiger partial charge in [0.15, 0.2) is 5.75 Å². The molecule has 0 bridgehead atoms. The Kier molecular flexibility index (Phi) is 4.16. The van der Waals surface area contributed by atoms with Crippen molar-refractivity contribution in [3.8, 4) is 5.75 Å². The third kappa shape index (κ3) is 2.62. The monoisotopic (exact) mass is 267 g/mol. The Labute approximate surface area is 115 Å². The quantitative estimate of drug-likeness (QED) is 0.900. The van der Waals surface area contributed by atoms with Gasteiger partial charge in [-0.3, -0.25) is 4.68 Å². The van der Waals surface area contributed by atoms with Crippen molar-refractivity contribution in [1.29, 1.82) is 0 Å². The molecule has 1 saturated heterocycles. The van der Waals surface area contributed by atoms with E-state index >= 15 is 0 Å². The molecule has 0 aromatic carbocycles. The second-order valence-corrected chi connectivity index (χ2v) is 5.60. The van der Waals surface area contributed by atoms with Gasteiger partial charge in [-0.2, -0.15) is 5.10 Å². The molecular weight excluding hydrogens is 242 g/mol. The summed E-state index contributed by atoms with van der Waals surface area (Å²) in [5.41, 5.74) is 0.0138. The predicted octanol–water partition coefficient (Wildman–Crippen LogP) is 1.60. The molecule has 2 unspecified atom stereocenters. The maximum absolute atomic E-state index is 11.1. The molecule has 1 fully saturated rings. The minimum absolute atomic E-state index is 0.355. The van der Waals surface area contributed by atoms with E-state index in [-0.39, 0.29) is 0 Å². The smallest absolute Gasteiger partial charge is 0.162 e. The molecule has 108 valence electrons. The normalized spacial score (nSPS) is 28.6. The molecule has 5 heteroatoms. The molecule has 1 aromatic rings. The van der Waals surface area contributed by atoms with Gasteiger partial charge in [-0.15, -0.1) is 0 Å². The van der Waals surface area contributed by atoms with E-state index in [1.165, 1.54) is 0 Å². The first-order chi connectivity index (χ1) is 9.01. The SMILES string of the molecule is CCCn1ncc(OC)c1C1(O)CCN(C)C(C)C1. The molecule has 0 saturated carbocycles. The number of likely N-dealkylation sites (tertiary alicyclic amines) is 1. The van der Waals surface area contributed by atoms with Crippen molar-refractivity contribution in [3.05, 3.63) is 11.9 Å². The Morgan fingerprint density at radius 2 is 2.32 bits per heavy atom. The molecule has 5 nitrogen and oxygen atoms in total. The number of rotatable bonds is 4. The molecule has 19 heavy (non-hydrogen) atoms. The highest BCUT2D eigenvalue weighted by Gasteiger charge is 2.41. The Balaban J connectivity index is 2.36. The van der Waals surface area contributed by atoms with Gasteiger partial charge in [0.05, 0.1) is 13.3 Å². The average Bonchev–Trinajstić information content (AvgIpc) is 2.79. The molecule has 2 rings (SSSR count). The zero-order chi connectivity index (χ0) is 14.0. The van der Waals surface area contributed by atoms with Crippen LogP contribution in [0.2, 0.25) is 0 Å². The largest absolute Gasteiger partial charge is 0.493 e. The van der Waals surface area contributed by atoms with Crippen molar-refractivity contribution < 1.29 is 9.84 Å². The average molecular weight is 267 g/mol. The number of aliphatic hydroxyl groups is 1. The molecule has 2 atom stereocenters. The van der Waals surface area contributed by atoms with E-state index in [9.17, 15) is 5.11 Å². The van der Waals surface area contributed by atoms with Gasteiger partial charge >= 0.3 is 0 Å². The van der Waals surface area contributed by atoms with E-state index in [0.29, 0.717) is 11.8 Å². The van der Waals surface area contributed by atoms with Crippen molar-refractivity contribution in [2.24, 2.45) is 0 Å². The highest BCUT2D eigenvalue weighted by atomic mass is 16.5. The zero-order valence-corrected chi connectivity index (χ0v) is 12.4. The van der Waals surface area contributed by atoms with Crippen molar-refractivity contribution in [2.45, 2.75) is 51.3 Å². The molecular formula is C14H25N3O2. The lowest BCUT2D eigenvalue weighted by Gasteiger charge is -2.41. The maximum atomic E-state index is 11.1. The van der Waals surface area contributed by atoms with Gasteiger partial charge in [0, 0.05) is 19.1 Å². The summed E-state index contributed by atoms with van der Waals surface area (Å²) < 4.78 is 7.30. The van der Waals surface area contributed by atoms with Crippen molar-refractivity contribution in [2.75, 3.05) is 20.7 Å². The summed E-state index contributed by atoms with van der Waals surface area (Å²) in [6.45, 7) is 5.96. The summed E-state index contributed by atoms with van der Waals surface area (Å²) in [7, 11) is 3.74. The molecule has 1 aliphatic rings. The van der Waals surface area contributed by atoms with E-state index < -0.39 is 5.60 Å². The second kappa shape index (κ2) is 5.51. The zero-order valence-electron chi connectivity index (χ0n) is 12.4. The van der Waals surface area contributed by atoms with Gasteiger partial charge in [-0.25, -0.2) is 0 Å². The van der Waals surface area contributed by atoms with Crippen LogP contribution in [0, 0.1) is 0 Å². The first-order valence-corrected chi connectivity index (χ1v) is 7.04. The van der Waals surface area contributed by atoms with Crippen LogP contribution in [0.4, 0.5) is 0 Å². The van der Waals surface area contributed by atoms with Crippen LogP contribution < -0.4 is 4.74 Å². The number of nitrogens with zero attached hydrogens (tertiary/aromatic N) is 3. The summed E-state index contributed by atoms with van der Waals surface area (Å²) >= 11 is 0. The van der Waals surface area contributed by atoms with E-state index in [4.69, 9.17) is 4.74 Å². The highest BCUT2D eigenvalue weighted by molar-refractivity contribution is 5.31. The fraction of sp³-hybridized carbons (Fsp3) is 0.786. The van der Waals surface area contributed by atoms with Crippen LogP contribution in [-0.4, -0.2) is 46.5 Å².